The summed E-state index contributed by atoms with van der Waals surface area (Å²) in [6.07, 6.45) is 5.03. The van der Waals surface area contributed by atoms with Gasteiger partial charge in [-0.2, -0.15) is 0 Å². The lowest BCUT2D eigenvalue weighted by Gasteiger charge is -2.28. The lowest BCUT2D eigenvalue weighted by atomic mass is 10.1. The minimum Gasteiger partial charge on any atom is -0.378 e. The molecule has 4 heterocycles. The Balaban J connectivity index is 1.47. The van der Waals surface area contributed by atoms with E-state index in [0.717, 1.165) is 59.6 Å². The molecular formula is C26H25N7O2. The van der Waals surface area contributed by atoms with Crippen LogP contribution < -0.4 is 15.8 Å². The largest absolute Gasteiger partial charge is 0.378 e. The van der Waals surface area contributed by atoms with Crippen molar-refractivity contribution in [3.8, 4) is 11.4 Å². The number of benzene rings is 2. The van der Waals surface area contributed by atoms with E-state index < -0.39 is 0 Å². The topological polar surface area (TPSA) is 112 Å². The van der Waals surface area contributed by atoms with Crippen LogP contribution in [0, 0.1) is 0 Å². The molecule has 0 bridgehead atoms. The first-order valence-corrected chi connectivity index (χ1v) is 11.7. The summed E-state index contributed by atoms with van der Waals surface area (Å²) < 4.78 is 5.48. The fourth-order valence-electron chi connectivity index (χ4n) is 4.58. The maximum Gasteiger partial charge on any atom is 0.261 e. The van der Waals surface area contributed by atoms with Crippen molar-refractivity contribution in [2.75, 3.05) is 36.5 Å². The second kappa shape index (κ2) is 8.84. The fourth-order valence-corrected chi connectivity index (χ4v) is 4.58. The number of hydrogen-bond donors (Lipinski definition) is 3. The molecule has 1 saturated heterocycles. The summed E-state index contributed by atoms with van der Waals surface area (Å²) in [5.41, 5.74) is 5.27. The Morgan fingerprint density at radius 2 is 1.91 bits per heavy atom. The molecule has 0 spiro atoms. The van der Waals surface area contributed by atoms with Crippen molar-refractivity contribution in [1.82, 2.24) is 24.9 Å². The van der Waals surface area contributed by atoms with Crippen LogP contribution in [0.15, 0.2) is 65.8 Å². The second-order valence-corrected chi connectivity index (χ2v) is 8.63. The zero-order valence-corrected chi connectivity index (χ0v) is 19.3. The Morgan fingerprint density at radius 3 is 2.74 bits per heavy atom. The first kappa shape index (κ1) is 21.3. The van der Waals surface area contributed by atoms with E-state index in [0.29, 0.717) is 17.1 Å². The number of anilines is 2. The number of fused-ring (bicyclic) bond motifs is 2. The molecule has 0 unspecified atom stereocenters. The highest BCUT2D eigenvalue weighted by Gasteiger charge is 2.21. The third-order valence-electron chi connectivity index (χ3n) is 6.39. The van der Waals surface area contributed by atoms with Crippen LogP contribution in [0.25, 0.3) is 33.3 Å². The van der Waals surface area contributed by atoms with Crippen molar-refractivity contribution >= 4 is 33.3 Å². The standard InChI is InChI=1S/C26H25N7O2/c1-16(22-15-27-8-9-28-22)29-24-18-4-2-3-5-19(18)32-26(34)23(24)25-30-20-7-6-17(14-21(20)31-25)33-10-12-35-13-11-33/h2-9,14-16H,10-13H2,1H3,(H,30,31)(H2,29,32,34)/t16-/m1/s1. The van der Waals surface area contributed by atoms with E-state index in [1.54, 1.807) is 18.6 Å². The second-order valence-electron chi connectivity index (χ2n) is 8.63. The monoisotopic (exact) mass is 467 g/mol. The number of H-pyrrole nitrogens is 2. The van der Waals surface area contributed by atoms with Crippen molar-refractivity contribution in [3.05, 3.63) is 77.1 Å². The predicted molar refractivity (Wildman–Crippen MR) is 137 cm³/mol. The highest BCUT2D eigenvalue weighted by Crippen LogP contribution is 2.33. The fraction of sp³-hybridized carbons (Fsp3) is 0.231. The zero-order valence-electron chi connectivity index (χ0n) is 19.3. The molecule has 3 N–H and O–H groups in total. The first-order valence-electron chi connectivity index (χ1n) is 11.7. The number of imidazole rings is 1. The molecular weight excluding hydrogens is 442 g/mol. The predicted octanol–water partition coefficient (Wildman–Crippen LogP) is 3.87. The van der Waals surface area contributed by atoms with Gasteiger partial charge in [0.25, 0.3) is 5.56 Å². The van der Waals surface area contributed by atoms with Crippen LogP contribution in [0.5, 0.6) is 0 Å². The average Bonchev–Trinajstić information content (AvgIpc) is 3.32. The lowest BCUT2D eigenvalue weighted by molar-refractivity contribution is 0.122. The number of nitrogens with one attached hydrogen (secondary N) is 3. The Labute approximate surface area is 201 Å². The van der Waals surface area contributed by atoms with E-state index in [9.17, 15) is 4.79 Å². The third kappa shape index (κ3) is 4.00. The molecule has 2 aromatic carbocycles. The summed E-state index contributed by atoms with van der Waals surface area (Å²) in [5.74, 6) is 0.514. The van der Waals surface area contributed by atoms with Gasteiger partial charge in [0, 0.05) is 36.6 Å². The smallest absolute Gasteiger partial charge is 0.261 e. The molecule has 1 fully saturated rings. The summed E-state index contributed by atoms with van der Waals surface area (Å²) in [7, 11) is 0. The summed E-state index contributed by atoms with van der Waals surface area (Å²) in [4.78, 5) is 35.5. The van der Waals surface area contributed by atoms with Gasteiger partial charge in [-0.25, -0.2) is 4.98 Å². The van der Waals surface area contributed by atoms with Crippen LogP contribution in [0.2, 0.25) is 0 Å². The van der Waals surface area contributed by atoms with Crippen LogP contribution >= 0.6 is 0 Å². The number of nitrogens with zero attached hydrogens (tertiary/aromatic N) is 4. The average molecular weight is 468 g/mol. The van der Waals surface area contributed by atoms with E-state index in [1.807, 2.05) is 37.3 Å². The Bertz CT molecular complexity index is 1560. The number of hydrogen-bond acceptors (Lipinski definition) is 7. The molecule has 0 radical (unpaired) electrons. The molecule has 6 rings (SSSR count). The van der Waals surface area contributed by atoms with E-state index in [1.165, 1.54) is 0 Å². The number of pyridine rings is 1. The molecule has 0 aliphatic carbocycles. The minimum atomic E-state index is -0.218. The van der Waals surface area contributed by atoms with E-state index >= 15 is 0 Å². The van der Waals surface area contributed by atoms with Gasteiger partial charge in [0.1, 0.15) is 11.4 Å². The molecule has 176 valence electrons. The van der Waals surface area contributed by atoms with Crippen molar-refractivity contribution in [3.63, 3.8) is 0 Å². The first-order chi connectivity index (χ1) is 17.2. The number of rotatable bonds is 5. The summed E-state index contributed by atoms with van der Waals surface area (Å²) in [6, 6.07) is 13.7. The van der Waals surface area contributed by atoms with Gasteiger partial charge in [-0.05, 0) is 31.2 Å². The molecule has 5 aromatic rings. The van der Waals surface area contributed by atoms with E-state index in [4.69, 9.17) is 9.72 Å². The maximum atomic E-state index is 13.4. The Morgan fingerprint density at radius 1 is 1.06 bits per heavy atom. The van der Waals surface area contributed by atoms with Crippen LogP contribution in [0.4, 0.5) is 11.4 Å². The Hall–Kier alpha value is -4.24. The molecule has 9 heteroatoms. The van der Waals surface area contributed by atoms with Gasteiger partial charge in [-0.1, -0.05) is 18.2 Å². The van der Waals surface area contributed by atoms with Gasteiger partial charge in [0.2, 0.25) is 0 Å². The molecule has 1 aliphatic heterocycles. The molecule has 9 nitrogen and oxygen atoms in total. The summed E-state index contributed by atoms with van der Waals surface area (Å²) in [5, 5.41) is 4.41. The molecule has 3 aromatic heterocycles. The lowest BCUT2D eigenvalue weighted by Crippen LogP contribution is -2.36. The highest BCUT2D eigenvalue weighted by atomic mass is 16.5. The van der Waals surface area contributed by atoms with Gasteiger partial charge in [-0.15, -0.1) is 0 Å². The van der Waals surface area contributed by atoms with Crippen molar-refractivity contribution in [2.45, 2.75) is 13.0 Å². The van der Waals surface area contributed by atoms with Crippen LogP contribution in [-0.2, 0) is 4.74 Å². The number of morpholine rings is 1. The quantitative estimate of drug-likeness (QED) is 0.360. The summed E-state index contributed by atoms with van der Waals surface area (Å²) in [6.45, 7) is 5.14. The van der Waals surface area contributed by atoms with Gasteiger partial charge in [0.15, 0.2) is 0 Å². The third-order valence-corrected chi connectivity index (χ3v) is 6.39. The van der Waals surface area contributed by atoms with Gasteiger partial charge in [-0.3, -0.25) is 14.8 Å². The molecule has 35 heavy (non-hydrogen) atoms. The van der Waals surface area contributed by atoms with Crippen molar-refractivity contribution in [2.24, 2.45) is 0 Å². The highest BCUT2D eigenvalue weighted by molar-refractivity contribution is 5.99. The van der Waals surface area contributed by atoms with Gasteiger partial charge < -0.3 is 24.9 Å². The number of aromatic amines is 2. The molecule has 0 saturated carbocycles. The molecule has 0 amide bonds. The Kier molecular flexibility index (Phi) is 5.38. The zero-order chi connectivity index (χ0) is 23.8. The summed E-state index contributed by atoms with van der Waals surface area (Å²) >= 11 is 0. The van der Waals surface area contributed by atoms with E-state index in [-0.39, 0.29) is 11.6 Å². The molecule has 1 aliphatic rings. The number of para-hydroxylation sites is 1. The van der Waals surface area contributed by atoms with Crippen LogP contribution in [0.1, 0.15) is 18.7 Å². The molecule has 1 atom stereocenters. The number of aromatic nitrogens is 5. The maximum absolute atomic E-state index is 13.4. The normalized spacial score (nSPS) is 14.9. The van der Waals surface area contributed by atoms with Crippen LogP contribution in [-0.4, -0.2) is 51.2 Å². The van der Waals surface area contributed by atoms with Crippen molar-refractivity contribution < 1.29 is 4.74 Å². The van der Waals surface area contributed by atoms with Gasteiger partial charge >= 0.3 is 0 Å². The van der Waals surface area contributed by atoms with Crippen molar-refractivity contribution in [1.29, 1.82) is 0 Å². The minimum absolute atomic E-state index is 0.176. The SMILES string of the molecule is C[C@@H](Nc1c(-c2nc3ccc(N4CCOCC4)cc3[nH]2)c(=O)[nH]c2ccccc12)c1cnccn1. The van der Waals surface area contributed by atoms with E-state index in [2.05, 4.69) is 42.3 Å². The van der Waals surface area contributed by atoms with Gasteiger partial charge in [0.05, 0.1) is 53.4 Å². The van der Waals surface area contributed by atoms with Crippen LogP contribution in [0.3, 0.4) is 0 Å². The number of ether oxygens (including phenoxy) is 1.